The molecule has 2 aromatic rings. The highest BCUT2D eigenvalue weighted by Gasteiger charge is 2.19. The van der Waals surface area contributed by atoms with Crippen LogP contribution in [0.15, 0.2) is 38.5 Å². The van der Waals surface area contributed by atoms with E-state index in [1.165, 1.54) is 0 Å². The highest BCUT2D eigenvalue weighted by Crippen LogP contribution is 2.42. The van der Waals surface area contributed by atoms with Crippen LogP contribution in [0.2, 0.25) is 10.0 Å². The van der Waals surface area contributed by atoms with Gasteiger partial charge in [0.1, 0.15) is 10.0 Å². The Balaban J connectivity index is 2.50. The fourth-order valence-electron chi connectivity index (χ4n) is 1.20. The van der Waals surface area contributed by atoms with E-state index in [-0.39, 0.29) is 14.9 Å². The molecule has 7 heteroatoms. The lowest BCUT2D eigenvalue weighted by molar-refractivity contribution is 0.508. The third-order valence-corrected chi connectivity index (χ3v) is 5.06. The molecule has 0 aliphatic carbocycles. The minimum Gasteiger partial charge on any atom is -0.188 e. The van der Waals surface area contributed by atoms with Gasteiger partial charge in [0.2, 0.25) is 11.9 Å². The topological polar surface area (TPSA) is 12.9 Å². The molecule has 2 rings (SSSR count). The molecule has 0 unspecified atom stereocenters. The second-order valence-electron chi connectivity index (χ2n) is 3.18. The highest BCUT2D eigenvalue weighted by atomic mass is 79.9. The number of halogens is 5. The number of pyridine rings is 1. The normalized spacial score (nSPS) is 10.7. The van der Waals surface area contributed by atoms with Crippen molar-refractivity contribution in [2.75, 3.05) is 0 Å². The van der Waals surface area contributed by atoms with E-state index in [2.05, 4.69) is 20.9 Å². The van der Waals surface area contributed by atoms with E-state index in [1.54, 1.807) is 18.2 Å². The van der Waals surface area contributed by atoms with Gasteiger partial charge in [0.05, 0.1) is 4.90 Å². The maximum atomic E-state index is 13.3. The molecule has 0 fully saturated rings. The summed E-state index contributed by atoms with van der Waals surface area (Å²) in [7, 11) is 0. The maximum absolute atomic E-state index is 13.3. The van der Waals surface area contributed by atoms with Crippen LogP contribution in [0.25, 0.3) is 0 Å². The van der Waals surface area contributed by atoms with Crippen molar-refractivity contribution in [1.82, 2.24) is 4.98 Å². The second kappa shape index (κ2) is 5.74. The number of rotatable bonds is 2. The molecule has 1 heterocycles. The monoisotopic (exact) mass is 369 g/mol. The van der Waals surface area contributed by atoms with E-state index in [0.717, 1.165) is 21.1 Å². The lowest BCUT2D eigenvalue weighted by atomic mass is 10.4. The molecule has 0 amide bonds. The predicted molar refractivity (Wildman–Crippen MR) is 72.4 cm³/mol. The molecule has 0 saturated heterocycles. The van der Waals surface area contributed by atoms with E-state index >= 15 is 0 Å². The molecule has 0 radical (unpaired) electrons. The van der Waals surface area contributed by atoms with Gasteiger partial charge in [0.25, 0.3) is 0 Å². The summed E-state index contributed by atoms with van der Waals surface area (Å²) in [6.07, 6.45) is 0. The molecule has 0 N–H and O–H groups in total. The second-order valence-corrected chi connectivity index (χ2v) is 5.85. The van der Waals surface area contributed by atoms with Crippen LogP contribution in [0.1, 0.15) is 0 Å². The predicted octanol–water partition coefficient (Wildman–Crippen LogP) is 5.58. The Morgan fingerprint density at radius 2 is 1.61 bits per heavy atom. The van der Waals surface area contributed by atoms with Crippen LogP contribution in [0.3, 0.4) is 0 Å². The van der Waals surface area contributed by atoms with Crippen molar-refractivity contribution in [3.63, 3.8) is 0 Å². The summed E-state index contributed by atoms with van der Waals surface area (Å²) in [5, 5.41) is -0.579. The van der Waals surface area contributed by atoms with Crippen LogP contribution in [-0.4, -0.2) is 4.98 Å². The molecule has 0 aliphatic rings. The molecule has 94 valence electrons. The van der Waals surface area contributed by atoms with Crippen molar-refractivity contribution in [3.05, 3.63) is 50.7 Å². The first-order valence-electron chi connectivity index (χ1n) is 4.63. The zero-order valence-electron chi connectivity index (χ0n) is 8.55. The largest absolute Gasteiger partial charge is 0.235 e. The Labute approximate surface area is 125 Å². The Bertz CT molecular complexity index is 584. The van der Waals surface area contributed by atoms with Crippen LogP contribution in [-0.2, 0) is 0 Å². The Kier molecular flexibility index (Phi) is 4.48. The van der Waals surface area contributed by atoms with Gasteiger partial charge in [-0.05, 0) is 28.1 Å². The van der Waals surface area contributed by atoms with Gasteiger partial charge in [0.15, 0.2) is 0 Å². The average molecular weight is 371 g/mol. The summed E-state index contributed by atoms with van der Waals surface area (Å²) >= 11 is 15.9. The summed E-state index contributed by atoms with van der Waals surface area (Å²) in [6, 6.07) is 7.20. The Morgan fingerprint density at radius 3 is 2.17 bits per heavy atom. The van der Waals surface area contributed by atoms with Crippen molar-refractivity contribution in [2.45, 2.75) is 9.79 Å². The number of benzene rings is 1. The average Bonchev–Trinajstić information content (AvgIpc) is 2.34. The molecule has 1 nitrogen and oxygen atoms in total. The number of hydrogen-bond acceptors (Lipinski definition) is 2. The van der Waals surface area contributed by atoms with Gasteiger partial charge in [-0.15, -0.1) is 0 Å². The lowest BCUT2D eigenvalue weighted by Crippen LogP contribution is -1.94. The van der Waals surface area contributed by atoms with Crippen molar-refractivity contribution in [3.8, 4) is 0 Å². The minimum atomic E-state index is -1.08. The molecular weight excluding hydrogens is 367 g/mol. The van der Waals surface area contributed by atoms with E-state index in [4.69, 9.17) is 23.2 Å². The van der Waals surface area contributed by atoms with Crippen molar-refractivity contribution in [2.24, 2.45) is 0 Å². The molecular formula is C11H4BrCl2F2NS. The van der Waals surface area contributed by atoms with Crippen molar-refractivity contribution < 1.29 is 8.78 Å². The maximum Gasteiger partial charge on any atom is 0.235 e. The van der Waals surface area contributed by atoms with Gasteiger partial charge < -0.3 is 0 Å². The molecule has 0 atom stereocenters. The third kappa shape index (κ3) is 2.79. The molecule has 18 heavy (non-hydrogen) atoms. The van der Waals surface area contributed by atoms with E-state index < -0.39 is 11.9 Å². The van der Waals surface area contributed by atoms with E-state index in [1.807, 2.05) is 6.07 Å². The molecule has 0 bridgehead atoms. The van der Waals surface area contributed by atoms with Crippen molar-refractivity contribution >= 4 is 50.9 Å². The molecule has 1 aromatic heterocycles. The van der Waals surface area contributed by atoms with Crippen LogP contribution in [0, 0.1) is 11.9 Å². The third-order valence-electron chi connectivity index (χ3n) is 2.01. The van der Waals surface area contributed by atoms with E-state index in [9.17, 15) is 8.78 Å². The quantitative estimate of drug-likeness (QED) is 0.640. The molecule has 0 saturated carbocycles. The number of hydrogen-bond donors (Lipinski definition) is 0. The van der Waals surface area contributed by atoms with Crippen LogP contribution in [0.4, 0.5) is 8.78 Å². The Hall–Kier alpha value is -0.360. The lowest BCUT2D eigenvalue weighted by Gasteiger charge is -2.08. The standard InChI is InChI=1S/C11H4BrCl2F2NS/c12-5-3-1-2-4-6(5)18-9-7(13)10(15)17-11(16)8(9)14/h1-4H. The van der Waals surface area contributed by atoms with Crippen LogP contribution >= 0.6 is 50.9 Å². The summed E-state index contributed by atoms with van der Waals surface area (Å²) < 4.78 is 27.3. The van der Waals surface area contributed by atoms with E-state index in [0.29, 0.717) is 0 Å². The number of nitrogens with zero attached hydrogens (tertiary/aromatic N) is 1. The van der Waals surface area contributed by atoms with Gasteiger partial charge in [-0.25, -0.2) is 0 Å². The van der Waals surface area contributed by atoms with Crippen LogP contribution in [0.5, 0.6) is 0 Å². The Morgan fingerprint density at radius 1 is 1.06 bits per heavy atom. The zero-order chi connectivity index (χ0) is 13.3. The summed E-state index contributed by atoms with van der Waals surface area (Å²) in [6.45, 7) is 0. The summed E-state index contributed by atoms with van der Waals surface area (Å²) in [4.78, 5) is 3.82. The van der Waals surface area contributed by atoms with Gasteiger partial charge in [0, 0.05) is 9.37 Å². The smallest absolute Gasteiger partial charge is 0.188 e. The van der Waals surface area contributed by atoms with Gasteiger partial charge >= 0.3 is 0 Å². The minimum absolute atomic E-state index is 0.107. The van der Waals surface area contributed by atoms with Gasteiger partial charge in [-0.2, -0.15) is 13.8 Å². The summed E-state index contributed by atoms with van der Waals surface area (Å²) in [5.41, 5.74) is 0. The van der Waals surface area contributed by atoms with Gasteiger partial charge in [-0.3, -0.25) is 0 Å². The SMILES string of the molecule is Fc1nc(F)c(Cl)c(Sc2ccccc2Br)c1Cl. The first-order chi connectivity index (χ1) is 8.50. The summed E-state index contributed by atoms with van der Waals surface area (Å²) in [5.74, 6) is -2.15. The fraction of sp³-hybridized carbons (Fsp3) is 0. The molecule has 1 aromatic carbocycles. The van der Waals surface area contributed by atoms with Gasteiger partial charge in [-0.1, -0.05) is 47.1 Å². The zero-order valence-corrected chi connectivity index (χ0v) is 12.5. The number of aromatic nitrogens is 1. The fourth-order valence-corrected chi connectivity index (χ4v) is 3.16. The molecule has 0 spiro atoms. The van der Waals surface area contributed by atoms with Crippen molar-refractivity contribution in [1.29, 1.82) is 0 Å². The van der Waals surface area contributed by atoms with Crippen LogP contribution < -0.4 is 0 Å². The highest BCUT2D eigenvalue weighted by molar-refractivity contribution is 9.10. The first-order valence-corrected chi connectivity index (χ1v) is 6.99. The molecule has 0 aliphatic heterocycles. The first kappa shape index (κ1) is 14.1.